The molecule has 0 spiro atoms. The number of amides is 1. The van der Waals surface area contributed by atoms with Gasteiger partial charge in [0.2, 0.25) is 10.0 Å². The van der Waals surface area contributed by atoms with Crippen molar-refractivity contribution in [3.8, 4) is 0 Å². The normalized spacial score (nSPS) is 11.1. The molecule has 3 rings (SSSR count). The summed E-state index contributed by atoms with van der Waals surface area (Å²) in [6.45, 7) is 3.92. The molecule has 0 aromatic heterocycles. The summed E-state index contributed by atoms with van der Waals surface area (Å²) in [7, 11) is -3.51. The average Bonchev–Trinajstić information content (AvgIpc) is 2.78. The topological polar surface area (TPSA) is 92.8 Å². The third-order valence-corrected chi connectivity index (χ3v) is 6.42. The number of nitrogens with one attached hydrogen (secondary N) is 1. The number of benzene rings is 3. The molecule has 0 bridgehead atoms. The average molecular weight is 501 g/mol. The monoisotopic (exact) mass is 500 g/mol. The number of nitrogens with zero attached hydrogens (tertiary/aromatic N) is 1. The largest absolute Gasteiger partial charge is 0.462 e. The van der Waals surface area contributed by atoms with Crippen LogP contribution in [0.1, 0.15) is 38.8 Å². The third-order valence-electron chi connectivity index (χ3n) is 4.95. The highest BCUT2D eigenvalue weighted by Gasteiger charge is 2.19. The van der Waals surface area contributed by atoms with Crippen LogP contribution < -0.4 is 9.62 Å². The predicted octanol–water partition coefficient (Wildman–Crippen LogP) is 5.04. The van der Waals surface area contributed by atoms with E-state index < -0.39 is 16.0 Å². The van der Waals surface area contributed by atoms with Crippen molar-refractivity contribution >= 4 is 44.9 Å². The summed E-state index contributed by atoms with van der Waals surface area (Å²) in [6, 6.07) is 18.4. The molecule has 9 heteroatoms. The molecule has 178 valence electrons. The smallest absolute Gasteiger partial charge is 0.339 e. The van der Waals surface area contributed by atoms with E-state index in [0.29, 0.717) is 16.9 Å². The summed E-state index contributed by atoms with van der Waals surface area (Å²) in [6.07, 6.45) is 1.16. The highest BCUT2D eigenvalue weighted by atomic mass is 35.5. The Kier molecular flexibility index (Phi) is 7.96. The van der Waals surface area contributed by atoms with Gasteiger partial charge in [0.15, 0.2) is 0 Å². The van der Waals surface area contributed by atoms with Gasteiger partial charge in [-0.1, -0.05) is 35.9 Å². The molecule has 3 aromatic rings. The molecule has 0 unspecified atom stereocenters. The lowest BCUT2D eigenvalue weighted by Gasteiger charge is -2.23. The fraction of sp³-hybridized carbons (Fsp3) is 0.200. The van der Waals surface area contributed by atoms with E-state index in [1.807, 2.05) is 13.0 Å². The van der Waals surface area contributed by atoms with Crippen molar-refractivity contribution in [1.29, 1.82) is 0 Å². The van der Waals surface area contributed by atoms with Crippen molar-refractivity contribution in [1.82, 2.24) is 0 Å². The number of carbonyl (C=O) groups excluding carboxylic acids is 2. The Morgan fingerprint density at radius 2 is 1.74 bits per heavy atom. The molecule has 0 fully saturated rings. The maximum atomic E-state index is 12.7. The first-order valence-electron chi connectivity index (χ1n) is 10.5. The van der Waals surface area contributed by atoms with Gasteiger partial charge in [0.05, 0.1) is 35.7 Å². The quantitative estimate of drug-likeness (QED) is 0.437. The van der Waals surface area contributed by atoms with Crippen LogP contribution in [0.25, 0.3) is 0 Å². The molecule has 1 amide bonds. The van der Waals surface area contributed by atoms with E-state index in [-0.39, 0.29) is 29.6 Å². The van der Waals surface area contributed by atoms with Gasteiger partial charge in [-0.25, -0.2) is 13.2 Å². The van der Waals surface area contributed by atoms with Crippen LogP contribution in [0.2, 0.25) is 5.02 Å². The SMILES string of the molecule is CCOC(=O)c1cc(NC(=O)c2ccc(CN(c3cccc(C)c3)S(C)(=O)=O)cc2)ccc1Cl. The van der Waals surface area contributed by atoms with E-state index in [1.54, 1.807) is 55.5 Å². The van der Waals surface area contributed by atoms with E-state index >= 15 is 0 Å². The molecule has 0 atom stereocenters. The predicted molar refractivity (Wildman–Crippen MR) is 134 cm³/mol. The first-order valence-corrected chi connectivity index (χ1v) is 12.7. The zero-order valence-electron chi connectivity index (χ0n) is 19.0. The van der Waals surface area contributed by atoms with Gasteiger partial charge in [-0.2, -0.15) is 0 Å². The molecular weight excluding hydrogens is 476 g/mol. The minimum Gasteiger partial charge on any atom is -0.462 e. The van der Waals surface area contributed by atoms with Gasteiger partial charge in [0.1, 0.15) is 0 Å². The summed E-state index contributed by atoms with van der Waals surface area (Å²) >= 11 is 6.06. The number of halogens is 1. The molecule has 0 saturated carbocycles. The number of anilines is 2. The molecule has 0 heterocycles. The Hall–Kier alpha value is -3.36. The van der Waals surface area contributed by atoms with Gasteiger partial charge in [0, 0.05) is 11.3 Å². The van der Waals surface area contributed by atoms with Gasteiger partial charge < -0.3 is 10.1 Å². The summed E-state index contributed by atoms with van der Waals surface area (Å²) in [5.41, 5.74) is 3.17. The van der Waals surface area contributed by atoms with Crippen molar-refractivity contribution < 1.29 is 22.7 Å². The first kappa shape index (κ1) is 25.3. The fourth-order valence-corrected chi connectivity index (χ4v) is 4.36. The number of esters is 1. The van der Waals surface area contributed by atoms with E-state index in [1.165, 1.54) is 16.4 Å². The van der Waals surface area contributed by atoms with E-state index in [0.717, 1.165) is 17.4 Å². The second-order valence-corrected chi connectivity index (χ2v) is 9.99. The van der Waals surface area contributed by atoms with Crippen molar-refractivity contribution in [3.05, 3.63) is 94.0 Å². The molecule has 3 aromatic carbocycles. The highest BCUT2D eigenvalue weighted by molar-refractivity contribution is 7.92. The Bertz CT molecular complexity index is 1310. The van der Waals surface area contributed by atoms with Crippen molar-refractivity contribution in [2.24, 2.45) is 0 Å². The fourth-order valence-electron chi connectivity index (χ4n) is 3.28. The number of rotatable bonds is 8. The lowest BCUT2D eigenvalue weighted by atomic mass is 10.1. The second kappa shape index (κ2) is 10.7. The highest BCUT2D eigenvalue weighted by Crippen LogP contribution is 2.24. The van der Waals surface area contributed by atoms with Crippen LogP contribution >= 0.6 is 11.6 Å². The van der Waals surface area contributed by atoms with Crippen LogP contribution in [0.15, 0.2) is 66.7 Å². The van der Waals surface area contributed by atoms with Gasteiger partial charge in [-0.05, 0) is 67.4 Å². The van der Waals surface area contributed by atoms with Crippen LogP contribution in [0.5, 0.6) is 0 Å². The van der Waals surface area contributed by atoms with Gasteiger partial charge >= 0.3 is 5.97 Å². The Labute approximate surface area is 204 Å². The Balaban J connectivity index is 1.76. The summed E-state index contributed by atoms with van der Waals surface area (Å²) in [4.78, 5) is 24.7. The number of carbonyl (C=O) groups is 2. The summed E-state index contributed by atoms with van der Waals surface area (Å²) in [5, 5.41) is 2.95. The second-order valence-electron chi connectivity index (χ2n) is 7.67. The number of aryl methyl sites for hydroxylation is 1. The molecule has 34 heavy (non-hydrogen) atoms. The van der Waals surface area contributed by atoms with Crippen LogP contribution in [0.3, 0.4) is 0 Å². The van der Waals surface area contributed by atoms with E-state index in [2.05, 4.69) is 5.32 Å². The zero-order chi connectivity index (χ0) is 24.9. The zero-order valence-corrected chi connectivity index (χ0v) is 20.6. The Morgan fingerprint density at radius 3 is 2.35 bits per heavy atom. The maximum absolute atomic E-state index is 12.7. The number of sulfonamides is 1. The van der Waals surface area contributed by atoms with Crippen LogP contribution in [0.4, 0.5) is 11.4 Å². The molecule has 1 N–H and O–H groups in total. The van der Waals surface area contributed by atoms with Crippen LogP contribution in [-0.4, -0.2) is 33.2 Å². The third kappa shape index (κ3) is 6.36. The van der Waals surface area contributed by atoms with Gasteiger partial charge in [-0.15, -0.1) is 0 Å². The molecular formula is C25H25ClN2O5S. The molecule has 0 aliphatic rings. The number of hydrogen-bond acceptors (Lipinski definition) is 5. The van der Waals surface area contributed by atoms with Crippen LogP contribution in [0, 0.1) is 6.92 Å². The number of ether oxygens (including phenoxy) is 1. The van der Waals surface area contributed by atoms with E-state index in [9.17, 15) is 18.0 Å². The standard InChI is InChI=1S/C25H25ClN2O5S/c1-4-33-25(30)22-15-20(12-13-23(22)26)27-24(29)19-10-8-18(9-11-19)16-28(34(3,31)32)21-7-5-6-17(2)14-21/h5-15H,4,16H2,1-3H3,(H,27,29). The lowest BCUT2D eigenvalue weighted by molar-refractivity contribution is 0.0526. The van der Waals surface area contributed by atoms with E-state index in [4.69, 9.17) is 16.3 Å². The van der Waals surface area contributed by atoms with Gasteiger partial charge in [0.25, 0.3) is 5.91 Å². The maximum Gasteiger partial charge on any atom is 0.339 e. The molecule has 7 nitrogen and oxygen atoms in total. The summed E-state index contributed by atoms with van der Waals surface area (Å²) < 4.78 is 31.1. The van der Waals surface area contributed by atoms with Crippen molar-refractivity contribution in [2.45, 2.75) is 20.4 Å². The molecule has 0 aliphatic heterocycles. The number of hydrogen-bond donors (Lipinski definition) is 1. The van der Waals surface area contributed by atoms with Crippen LogP contribution in [-0.2, 0) is 21.3 Å². The minimum atomic E-state index is -3.51. The molecule has 0 radical (unpaired) electrons. The molecule has 0 saturated heterocycles. The van der Waals surface area contributed by atoms with Gasteiger partial charge in [-0.3, -0.25) is 9.10 Å². The minimum absolute atomic E-state index is 0.129. The van der Waals surface area contributed by atoms with Crippen molar-refractivity contribution in [2.75, 3.05) is 22.5 Å². The molecule has 0 aliphatic carbocycles. The lowest BCUT2D eigenvalue weighted by Crippen LogP contribution is -2.29. The summed E-state index contributed by atoms with van der Waals surface area (Å²) in [5.74, 6) is -0.959. The Morgan fingerprint density at radius 1 is 1.03 bits per heavy atom. The first-order chi connectivity index (χ1) is 16.1. The van der Waals surface area contributed by atoms with Crippen molar-refractivity contribution in [3.63, 3.8) is 0 Å².